The fraction of sp³-hybridized carbons (Fsp3) is 0.429. The quantitative estimate of drug-likeness (QED) is 0.767. The highest BCUT2D eigenvalue weighted by Gasteiger charge is 2.39. The van der Waals surface area contributed by atoms with Gasteiger partial charge in [0.15, 0.2) is 0 Å². The van der Waals surface area contributed by atoms with Crippen molar-refractivity contribution >= 4 is 16.8 Å². The standard InChI is InChI=1S/C21H21N5O3/c1-12-16(21(28)25-17-5-3-4-15(10-23)20(12)17)8-19(27)24-13(2)18-7-6-14(9-22)11-26(18)29/h3-5,13-14,18H,6-8,11H2,1-2H3,(H-,24,25,27,28)/p+1/t13-,14?,18?/m1/s1. The molecule has 1 aliphatic rings. The molecule has 1 saturated heterocycles. The van der Waals surface area contributed by atoms with Crippen molar-refractivity contribution in [1.82, 2.24) is 10.3 Å². The predicted octanol–water partition coefficient (Wildman–Crippen LogP) is 1.84. The van der Waals surface area contributed by atoms with Crippen LogP contribution < -0.4 is 10.9 Å². The minimum Gasteiger partial charge on any atom is -0.347 e. The van der Waals surface area contributed by atoms with Crippen molar-refractivity contribution < 1.29 is 9.55 Å². The van der Waals surface area contributed by atoms with Crippen molar-refractivity contribution in [2.24, 2.45) is 5.92 Å². The predicted molar refractivity (Wildman–Crippen MR) is 106 cm³/mol. The number of amides is 1. The van der Waals surface area contributed by atoms with Crippen LogP contribution in [-0.4, -0.2) is 34.3 Å². The van der Waals surface area contributed by atoms with Crippen molar-refractivity contribution in [1.29, 1.82) is 10.5 Å². The lowest BCUT2D eigenvalue weighted by molar-refractivity contribution is -0.603. The van der Waals surface area contributed by atoms with E-state index in [1.165, 1.54) is 0 Å². The van der Waals surface area contributed by atoms with Crippen molar-refractivity contribution in [3.8, 4) is 12.1 Å². The summed E-state index contributed by atoms with van der Waals surface area (Å²) in [4.78, 5) is 40.0. The van der Waals surface area contributed by atoms with Crippen LogP contribution in [-0.2, 0) is 11.2 Å². The summed E-state index contributed by atoms with van der Waals surface area (Å²) in [7, 11) is 0. The number of pyridine rings is 1. The molecule has 8 heteroatoms. The molecule has 148 valence electrons. The molecule has 0 bridgehead atoms. The number of carbonyl (C=O) groups is 1. The van der Waals surface area contributed by atoms with Crippen molar-refractivity contribution in [3.63, 3.8) is 0 Å². The van der Waals surface area contributed by atoms with Gasteiger partial charge >= 0.3 is 0 Å². The van der Waals surface area contributed by atoms with Crippen LogP contribution in [0.2, 0.25) is 0 Å². The van der Waals surface area contributed by atoms with Gasteiger partial charge in [-0.2, -0.15) is 10.5 Å². The van der Waals surface area contributed by atoms with Crippen LogP contribution in [0, 0.1) is 40.4 Å². The number of aromatic amines is 1. The number of nitriles is 2. The fourth-order valence-electron chi connectivity index (χ4n) is 4.01. The van der Waals surface area contributed by atoms with Crippen LogP contribution >= 0.6 is 0 Å². The number of nitrogens with one attached hydrogen (secondary N) is 2. The largest absolute Gasteiger partial charge is 0.347 e. The van der Waals surface area contributed by atoms with Gasteiger partial charge in [0.1, 0.15) is 5.92 Å². The molecule has 1 aromatic carbocycles. The van der Waals surface area contributed by atoms with Crippen LogP contribution in [0.5, 0.6) is 0 Å². The van der Waals surface area contributed by atoms with E-state index in [1.807, 2.05) is 0 Å². The summed E-state index contributed by atoms with van der Waals surface area (Å²) in [6, 6.07) is 8.50. The topological polar surface area (TPSA) is 130 Å². The summed E-state index contributed by atoms with van der Waals surface area (Å²) < 4.78 is 0.871. The highest BCUT2D eigenvalue weighted by atomic mass is 16.3. The molecule has 2 N–H and O–H groups in total. The number of H-pyrrole nitrogens is 1. The molecule has 8 nitrogen and oxygen atoms in total. The van der Waals surface area contributed by atoms with Crippen molar-refractivity contribution in [2.75, 3.05) is 6.54 Å². The molecule has 2 aromatic rings. The average molecular weight is 392 g/mol. The molecule has 3 atom stereocenters. The van der Waals surface area contributed by atoms with E-state index in [2.05, 4.69) is 22.4 Å². The van der Waals surface area contributed by atoms with Gasteiger partial charge in [0.05, 0.1) is 30.2 Å². The first-order chi connectivity index (χ1) is 13.8. The third-order valence-electron chi connectivity index (χ3n) is 5.60. The molecule has 1 fully saturated rings. The average Bonchev–Trinajstić information content (AvgIpc) is 2.70. The zero-order valence-corrected chi connectivity index (χ0v) is 16.4. The van der Waals surface area contributed by atoms with Crippen molar-refractivity contribution in [3.05, 3.63) is 50.2 Å². The van der Waals surface area contributed by atoms with E-state index in [4.69, 9.17) is 5.26 Å². The minimum absolute atomic E-state index is 0.141. The summed E-state index contributed by atoms with van der Waals surface area (Å²) in [6.07, 6.45) is 1.01. The molecule has 0 radical (unpaired) electrons. The van der Waals surface area contributed by atoms with Crippen molar-refractivity contribution in [2.45, 2.75) is 45.2 Å². The number of carbonyl (C=O) groups excluding carboxylic acids is 1. The molecular formula is C21H22N5O3+. The Balaban J connectivity index is 1.78. The van der Waals surface area contributed by atoms with E-state index in [1.54, 1.807) is 32.0 Å². The number of piperidine rings is 1. The Labute approximate surface area is 167 Å². The number of fused-ring (bicyclic) bond motifs is 1. The zero-order chi connectivity index (χ0) is 21.1. The maximum absolute atomic E-state index is 12.6. The smallest absolute Gasteiger partial charge is 0.252 e. The van der Waals surface area contributed by atoms with Gasteiger partial charge in [0.2, 0.25) is 18.5 Å². The Hall–Kier alpha value is -3.52. The monoisotopic (exact) mass is 392 g/mol. The van der Waals surface area contributed by atoms with Crippen LogP contribution in [0.25, 0.3) is 10.9 Å². The zero-order valence-electron chi connectivity index (χ0n) is 16.4. The molecule has 29 heavy (non-hydrogen) atoms. The Morgan fingerprint density at radius 1 is 1.38 bits per heavy atom. The van der Waals surface area contributed by atoms with Crippen LogP contribution in [0.15, 0.2) is 23.0 Å². The maximum Gasteiger partial charge on any atom is 0.252 e. The maximum atomic E-state index is 12.6. The van der Waals surface area contributed by atoms with Crippen LogP contribution in [0.4, 0.5) is 0 Å². The number of benzene rings is 1. The summed E-state index contributed by atoms with van der Waals surface area (Å²) in [5.41, 5.74) is 1.52. The van der Waals surface area contributed by atoms with Gasteiger partial charge in [-0.25, -0.2) is 0 Å². The second kappa shape index (κ2) is 8.24. The second-order valence-corrected chi connectivity index (χ2v) is 7.50. The molecule has 0 aliphatic carbocycles. The van der Waals surface area contributed by atoms with Crippen LogP contribution in [0.3, 0.4) is 0 Å². The van der Waals surface area contributed by atoms with E-state index in [0.717, 1.165) is 4.76 Å². The number of rotatable bonds is 4. The lowest BCUT2D eigenvalue weighted by atomic mass is 9.92. The van der Waals surface area contributed by atoms with E-state index in [0.29, 0.717) is 40.4 Å². The first-order valence-corrected chi connectivity index (χ1v) is 9.53. The Morgan fingerprint density at radius 2 is 2.14 bits per heavy atom. The SMILES string of the molecule is Cc1c(CC(=O)N[C@H](C)C2CCC(C#N)C[N+]2=O)c(=O)[nH]c2cccc(C#N)c12. The number of aromatic nitrogens is 1. The Bertz CT molecular complexity index is 1120. The number of nitroso groups, excluding NO2 is 1. The first kappa shape index (κ1) is 20.2. The highest BCUT2D eigenvalue weighted by molar-refractivity contribution is 5.90. The molecule has 0 saturated carbocycles. The number of hydrogen-bond acceptors (Lipinski definition) is 5. The number of aryl methyl sites for hydroxylation is 1. The summed E-state index contributed by atoms with van der Waals surface area (Å²) in [6.45, 7) is 3.63. The molecule has 0 spiro atoms. The summed E-state index contributed by atoms with van der Waals surface area (Å²) in [5, 5.41) is 21.8. The van der Waals surface area contributed by atoms with Gasteiger partial charge in [-0.05, 0) is 38.0 Å². The molecule has 1 aromatic heterocycles. The van der Waals surface area contributed by atoms with Gasteiger partial charge in [0.25, 0.3) is 5.56 Å². The van der Waals surface area contributed by atoms with Gasteiger partial charge in [-0.1, -0.05) is 6.07 Å². The molecular weight excluding hydrogens is 370 g/mol. The Morgan fingerprint density at radius 3 is 2.79 bits per heavy atom. The first-order valence-electron chi connectivity index (χ1n) is 9.53. The van der Waals surface area contributed by atoms with E-state index >= 15 is 0 Å². The number of nitrogens with zero attached hydrogens (tertiary/aromatic N) is 3. The van der Waals surface area contributed by atoms with Gasteiger partial charge in [-0.3, -0.25) is 9.59 Å². The van der Waals surface area contributed by atoms with Gasteiger partial charge in [-0.15, -0.1) is 0 Å². The normalized spacial score (nSPS) is 19.9. The second-order valence-electron chi connectivity index (χ2n) is 7.50. The van der Waals surface area contributed by atoms with E-state index in [9.17, 15) is 19.8 Å². The third kappa shape index (κ3) is 4.02. The minimum atomic E-state index is -0.408. The van der Waals surface area contributed by atoms with E-state index in [-0.39, 0.29) is 30.3 Å². The third-order valence-corrected chi connectivity index (χ3v) is 5.60. The van der Waals surface area contributed by atoms with Gasteiger partial charge < -0.3 is 10.3 Å². The molecule has 1 aliphatic heterocycles. The molecule has 1 amide bonds. The van der Waals surface area contributed by atoms with Crippen LogP contribution in [0.1, 0.15) is 36.5 Å². The summed E-state index contributed by atoms with van der Waals surface area (Å²) in [5.74, 6) is -0.643. The van der Waals surface area contributed by atoms with Gasteiger partial charge in [0, 0.05) is 32.6 Å². The Kier molecular flexibility index (Phi) is 5.74. The molecule has 2 heterocycles. The number of hydrogen-bond donors (Lipinski definition) is 2. The lowest BCUT2D eigenvalue weighted by Gasteiger charge is -2.23. The molecule has 2 unspecified atom stereocenters. The molecule has 3 rings (SSSR count). The lowest BCUT2D eigenvalue weighted by Crippen LogP contribution is -2.49. The fourth-order valence-corrected chi connectivity index (χ4v) is 4.01. The van der Waals surface area contributed by atoms with E-state index < -0.39 is 12.1 Å². The highest BCUT2D eigenvalue weighted by Crippen LogP contribution is 2.22. The summed E-state index contributed by atoms with van der Waals surface area (Å²) >= 11 is 0.